The Kier molecular flexibility index (Phi) is 4.85. The molecule has 1 atom stereocenters. The quantitative estimate of drug-likeness (QED) is 0.769. The molecule has 0 saturated heterocycles. The first-order valence-corrected chi connectivity index (χ1v) is 8.44. The van der Waals surface area contributed by atoms with E-state index in [9.17, 15) is 13.6 Å². The van der Waals surface area contributed by atoms with Crippen LogP contribution in [-0.4, -0.2) is 23.1 Å². The smallest absolute Gasteiger partial charge is 0.413 e. The number of halogens is 2. The van der Waals surface area contributed by atoms with Crippen LogP contribution in [0.2, 0.25) is 0 Å². The summed E-state index contributed by atoms with van der Waals surface area (Å²) in [5.74, 6) is -1.82. The molecule has 0 fully saturated rings. The van der Waals surface area contributed by atoms with Gasteiger partial charge in [-0.15, -0.1) is 0 Å². The summed E-state index contributed by atoms with van der Waals surface area (Å²) in [4.78, 5) is 14.1. The Bertz CT molecular complexity index is 817. The molecule has 2 aromatic rings. The number of ether oxygens (including phenoxy) is 2. The van der Waals surface area contributed by atoms with E-state index in [2.05, 4.69) is 0 Å². The van der Waals surface area contributed by atoms with Crippen LogP contribution in [0.15, 0.2) is 42.5 Å². The standard InChI is InChI=1S/C20H21F2NO3/c1-20(2,3)26-19(24)23-11-10-13-6-4-5-7-15(13)18(23)25-14-8-9-16(21)17(22)12-14/h4-9,12,18H,10-11H2,1-3H3. The molecule has 0 N–H and O–H groups in total. The van der Waals surface area contributed by atoms with Crippen molar-refractivity contribution < 1.29 is 23.0 Å². The minimum Gasteiger partial charge on any atom is -0.466 e. The van der Waals surface area contributed by atoms with Crippen molar-refractivity contribution in [1.29, 1.82) is 0 Å². The maximum absolute atomic E-state index is 13.5. The molecule has 4 nitrogen and oxygen atoms in total. The predicted molar refractivity (Wildman–Crippen MR) is 92.8 cm³/mol. The van der Waals surface area contributed by atoms with Crippen molar-refractivity contribution in [2.45, 2.75) is 39.0 Å². The SMILES string of the molecule is CC(C)(C)OC(=O)N1CCc2ccccc2C1Oc1ccc(F)c(F)c1. The van der Waals surface area contributed by atoms with Crippen LogP contribution in [0.1, 0.15) is 38.1 Å². The maximum Gasteiger partial charge on any atom is 0.413 e. The summed E-state index contributed by atoms with van der Waals surface area (Å²) in [7, 11) is 0. The van der Waals surface area contributed by atoms with E-state index >= 15 is 0 Å². The Morgan fingerprint density at radius 3 is 2.54 bits per heavy atom. The Morgan fingerprint density at radius 1 is 1.12 bits per heavy atom. The molecule has 1 amide bonds. The molecule has 6 heteroatoms. The molecular weight excluding hydrogens is 340 g/mol. The first kappa shape index (κ1) is 18.2. The third kappa shape index (κ3) is 3.95. The maximum atomic E-state index is 13.5. The van der Waals surface area contributed by atoms with Crippen LogP contribution in [-0.2, 0) is 11.2 Å². The molecule has 0 radical (unpaired) electrons. The van der Waals surface area contributed by atoms with Crippen LogP contribution in [0.3, 0.4) is 0 Å². The van der Waals surface area contributed by atoms with Crippen LogP contribution >= 0.6 is 0 Å². The van der Waals surface area contributed by atoms with E-state index < -0.39 is 29.6 Å². The first-order chi connectivity index (χ1) is 12.2. The van der Waals surface area contributed by atoms with E-state index in [4.69, 9.17) is 9.47 Å². The topological polar surface area (TPSA) is 38.8 Å². The zero-order valence-corrected chi connectivity index (χ0v) is 15.0. The van der Waals surface area contributed by atoms with Crippen LogP contribution in [0.4, 0.5) is 13.6 Å². The molecule has 1 aliphatic rings. The zero-order chi connectivity index (χ0) is 18.9. The number of rotatable bonds is 2. The van der Waals surface area contributed by atoms with Crippen LogP contribution < -0.4 is 4.74 Å². The monoisotopic (exact) mass is 361 g/mol. The van der Waals surface area contributed by atoms with E-state index in [-0.39, 0.29) is 5.75 Å². The lowest BCUT2D eigenvalue weighted by Crippen LogP contribution is -2.45. The third-order valence-electron chi connectivity index (χ3n) is 3.99. The first-order valence-electron chi connectivity index (χ1n) is 8.44. The molecule has 1 heterocycles. The van der Waals surface area contributed by atoms with Gasteiger partial charge >= 0.3 is 6.09 Å². The fourth-order valence-electron chi connectivity index (χ4n) is 2.84. The van der Waals surface area contributed by atoms with E-state index in [0.29, 0.717) is 13.0 Å². The van der Waals surface area contributed by atoms with Crippen molar-refractivity contribution >= 4 is 6.09 Å². The van der Waals surface area contributed by atoms with Gasteiger partial charge in [0.15, 0.2) is 11.6 Å². The molecule has 2 aromatic carbocycles. The number of carbonyl (C=O) groups is 1. The second-order valence-electron chi connectivity index (χ2n) is 7.17. The molecule has 0 saturated carbocycles. The van der Waals surface area contributed by atoms with Gasteiger partial charge in [-0.2, -0.15) is 0 Å². The van der Waals surface area contributed by atoms with Gasteiger partial charge in [0, 0.05) is 18.2 Å². The van der Waals surface area contributed by atoms with Crippen molar-refractivity contribution in [1.82, 2.24) is 4.90 Å². The molecule has 0 aromatic heterocycles. The van der Waals surface area contributed by atoms with Crippen molar-refractivity contribution in [2.24, 2.45) is 0 Å². The number of benzene rings is 2. The number of carbonyl (C=O) groups excluding carboxylic acids is 1. The molecular formula is C20H21F2NO3. The van der Waals surface area contributed by atoms with Crippen LogP contribution in [0.5, 0.6) is 5.75 Å². The number of nitrogens with zero attached hydrogens (tertiary/aromatic N) is 1. The zero-order valence-electron chi connectivity index (χ0n) is 15.0. The lowest BCUT2D eigenvalue weighted by Gasteiger charge is -2.37. The summed E-state index contributed by atoms with van der Waals surface area (Å²) >= 11 is 0. The lowest BCUT2D eigenvalue weighted by molar-refractivity contribution is -0.0256. The number of hydrogen-bond donors (Lipinski definition) is 0. The van der Waals surface area contributed by atoms with Crippen molar-refractivity contribution in [2.75, 3.05) is 6.54 Å². The summed E-state index contributed by atoms with van der Waals surface area (Å²) in [6.07, 6.45) is -0.633. The van der Waals surface area contributed by atoms with Crippen LogP contribution in [0.25, 0.3) is 0 Å². The Labute approximate surface area is 151 Å². The summed E-state index contributed by atoms with van der Waals surface area (Å²) < 4.78 is 38.1. The van der Waals surface area contributed by atoms with E-state index in [0.717, 1.165) is 23.3 Å². The average molecular weight is 361 g/mol. The molecule has 0 spiro atoms. The summed E-state index contributed by atoms with van der Waals surface area (Å²) in [5, 5.41) is 0. The van der Waals surface area contributed by atoms with Gasteiger partial charge in [-0.05, 0) is 44.9 Å². The number of fused-ring (bicyclic) bond motifs is 1. The fraction of sp³-hybridized carbons (Fsp3) is 0.350. The molecule has 26 heavy (non-hydrogen) atoms. The van der Waals surface area contributed by atoms with Gasteiger partial charge < -0.3 is 9.47 Å². The van der Waals surface area contributed by atoms with Gasteiger partial charge in [0.1, 0.15) is 11.4 Å². The lowest BCUT2D eigenvalue weighted by atomic mass is 9.98. The Morgan fingerprint density at radius 2 is 1.85 bits per heavy atom. The van der Waals surface area contributed by atoms with Crippen LogP contribution in [0, 0.1) is 11.6 Å². The summed E-state index contributed by atoms with van der Waals surface area (Å²) in [5.41, 5.74) is 1.19. The van der Waals surface area contributed by atoms with Gasteiger partial charge in [-0.1, -0.05) is 24.3 Å². The minimum absolute atomic E-state index is 0.138. The highest BCUT2D eigenvalue weighted by Gasteiger charge is 2.35. The van der Waals surface area contributed by atoms with Gasteiger partial charge in [0.2, 0.25) is 6.23 Å². The molecule has 3 rings (SSSR count). The van der Waals surface area contributed by atoms with Gasteiger partial charge in [0.05, 0.1) is 0 Å². The third-order valence-corrected chi connectivity index (χ3v) is 3.99. The molecule has 1 aliphatic heterocycles. The number of amides is 1. The predicted octanol–water partition coefficient (Wildman–Crippen LogP) is 4.84. The molecule has 0 bridgehead atoms. The highest BCUT2D eigenvalue weighted by Crippen LogP contribution is 2.33. The molecule has 0 aliphatic carbocycles. The van der Waals surface area contributed by atoms with Gasteiger partial charge in [0.25, 0.3) is 0 Å². The van der Waals surface area contributed by atoms with Crippen molar-refractivity contribution in [3.8, 4) is 5.75 Å². The highest BCUT2D eigenvalue weighted by atomic mass is 19.2. The minimum atomic E-state index is -1.00. The average Bonchev–Trinajstić information content (AvgIpc) is 2.57. The fourth-order valence-corrected chi connectivity index (χ4v) is 2.84. The summed E-state index contributed by atoms with van der Waals surface area (Å²) in [6, 6.07) is 10.9. The van der Waals surface area contributed by atoms with Gasteiger partial charge in [-0.25, -0.2) is 13.6 Å². The van der Waals surface area contributed by atoms with E-state index in [1.54, 1.807) is 20.8 Å². The van der Waals surface area contributed by atoms with E-state index in [1.165, 1.54) is 11.0 Å². The van der Waals surface area contributed by atoms with Crippen molar-refractivity contribution in [3.63, 3.8) is 0 Å². The molecule has 1 unspecified atom stereocenters. The van der Waals surface area contributed by atoms with Gasteiger partial charge in [-0.3, -0.25) is 4.90 Å². The normalized spacial score (nSPS) is 16.8. The Balaban J connectivity index is 1.94. The largest absolute Gasteiger partial charge is 0.466 e. The second kappa shape index (κ2) is 6.94. The molecule has 138 valence electrons. The van der Waals surface area contributed by atoms with Crippen molar-refractivity contribution in [3.05, 3.63) is 65.2 Å². The Hall–Kier alpha value is -2.63. The second-order valence-corrected chi connectivity index (χ2v) is 7.17. The highest BCUT2D eigenvalue weighted by molar-refractivity contribution is 5.69. The number of hydrogen-bond acceptors (Lipinski definition) is 3. The summed E-state index contributed by atoms with van der Waals surface area (Å²) in [6.45, 7) is 5.76. The van der Waals surface area contributed by atoms with E-state index in [1.807, 2.05) is 24.3 Å².